The molecule has 0 bridgehead atoms. The summed E-state index contributed by atoms with van der Waals surface area (Å²) in [7, 11) is 0. The Bertz CT molecular complexity index is 1280. The van der Waals surface area contributed by atoms with Gasteiger partial charge in [0, 0.05) is 14.7 Å². The van der Waals surface area contributed by atoms with E-state index in [1.54, 1.807) is 24.3 Å². The first kappa shape index (κ1) is 19.0. The van der Waals surface area contributed by atoms with Crippen LogP contribution in [0.3, 0.4) is 0 Å². The number of ether oxygens (including phenoxy) is 1. The molecule has 0 unspecified atom stereocenters. The smallest absolute Gasteiger partial charge is 0.343 e. The van der Waals surface area contributed by atoms with Gasteiger partial charge in [-0.2, -0.15) is 0 Å². The summed E-state index contributed by atoms with van der Waals surface area (Å²) in [5.74, 6) is 0.0808. The molecule has 0 saturated heterocycles. The van der Waals surface area contributed by atoms with E-state index in [0.29, 0.717) is 17.0 Å². The molecule has 1 aliphatic rings. The van der Waals surface area contributed by atoms with Crippen LogP contribution in [0.2, 0.25) is 0 Å². The number of carbonyl (C=O) groups is 1. The van der Waals surface area contributed by atoms with Gasteiger partial charge in [-0.05, 0) is 106 Å². The van der Waals surface area contributed by atoms with Crippen molar-refractivity contribution in [1.29, 1.82) is 5.41 Å². The molecule has 0 aromatic heterocycles. The van der Waals surface area contributed by atoms with Crippen molar-refractivity contribution in [2.24, 2.45) is 0 Å². The van der Waals surface area contributed by atoms with Crippen LogP contribution in [0.1, 0.15) is 32.6 Å². The predicted octanol–water partition coefficient (Wildman–Crippen LogP) is 6.18. The molecule has 0 fully saturated rings. The van der Waals surface area contributed by atoms with Crippen LogP contribution in [0.15, 0.2) is 78.9 Å². The maximum absolute atomic E-state index is 12.3. The van der Waals surface area contributed by atoms with Crippen LogP contribution in [0.4, 0.5) is 0 Å². The minimum absolute atomic E-state index is 0.387. The third kappa shape index (κ3) is 3.41. The SMILES string of the molecule is N=C(c1ccc(OC(=O)c2ccc(I)cc2)cc1)c1ccc2c3c(cccc13)CC2. The van der Waals surface area contributed by atoms with Gasteiger partial charge in [-0.3, -0.25) is 5.41 Å². The summed E-state index contributed by atoms with van der Waals surface area (Å²) in [5.41, 5.74) is 5.45. The Morgan fingerprint density at radius 3 is 2.20 bits per heavy atom. The molecule has 0 amide bonds. The van der Waals surface area contributed by atoms with Gasteiger partial charge >= 0.3 is 5.97 Å². The number of carbonyl (C=O) groups excluding carboxylic acids is 1. The molecule has 30 heavy (non-hydrogen) atoms. The molecule has 4 aromatic rings. The van der Waals surface area contributed by atoms with E-state index in [0.717, 1.165) is 32.9 Å². The summed E-state index contributed by atoms with van der Waals surface area (Å²) in [6, 6.07) is 25.0. The second-order valence-corrected chi connectivity index (χ2v) is 8.65. The van der Waals surface area contributed by atoms with Crippen molar-refractivity contribution in [3.63, 3.8) is 0 Å². The number of halogens is 1. The van der Waals surface area contributed by atoms with Crippen LogP contribution in [-0.4, -0.2) is 11.7 Å². The lowest BCUT2D eigenvalue weighted by Gasteiger charge is -2.11. The number of esters is 1. The maximum Gasteiger partial charge on any atom is 0.343 e. The van der Waals surface area contributed by atoms with Gasteiger partial charge in [0.2, 0.25) is 0 Å². The number of aryl methyl sites for hydroxylation is 2. The van der Waals surface area contributed by atoms with E-state index in [1.807, 2.05) is 24.3 Å². The summed E-state index contributed by atoms with van der Waals surface area (Å²) in [5, 5.41) is 11.2. The van der Waals surface area contributed by atoms with E-state index in [4.69, 9.17) is 10.1 Å². The zero-order chi connectivity index (χ0) is 20.7. The van der Waals surface area contributed by atoms with Gasteiger partial charge in [-0.15, -0.1) is 0 Å². The Morgan fingerprint density at radius 2 is 1.47 bits per heavy atom. The van der Waals surface area contributed by atoms with Gasteiger partial charge < -0.3 is 4.74 Å². The molecule has 0 saturated carbocycles. The van der Waals surface area contributed by atoms with Crippen molar-refractivity contribution >= 4 is 45.0 Å². The van der Waals surface area contributed by atoms with E-state index in [1.165, 1.54) is 16.5 Å². The fraction of sp³-hybridized carbons (Fsp3) is 0.0769. The van der Waals surface area contributed by atoms with Gasteiger partial charge in [-0.25, -0.2) is 4.79 Å². The van der Waals surface area contributed by atoms with Gasteiger partial charge in [0.05, 0.1) is 11.3 Å². The topological polar surface area (TPSA) is 50.1 Å². The zero-order valence-electron chi connectivity index (χ0n) is 16.1. The molecule has 5 rings (SSSR count). The van der Waals surface area contributed by atoms with Crippen molar-refractivity contribution in [2.45, 2.75) is 12.8 Å². The molecule has 0 aliphatic heterocycles. The first-order chi connectivity index (χ1) is 14.6. The number of benzene rings is 4. The highest BCUT2D eigenvalue weighted by Gasteiger charge is 2.18. The fourth-order valence-electron chi connectivity index (χ4n) is 4.06. The van der Waals surface area contributed by atoms with Gasteiger partial charge in [0.15, 0.2) is 0 Å². The molecule has 146 valence electrons. The minimum Gasteiger partial charge on any atom is -0.423 e. The van der Waals surface area contributed by atoms with E-state index in [2.05, 4.69) is 52.9 Å². The monoisotopic (exact) mass is 503 g/mol. The highest BCUT2D eigenvalue weighted by Crippen LogP contribution is 2.33. The third-order valence-electron chi connectivity index (χ3n) is 5.58. The number of rotatable bonds is 4. The van der Waals surface area contributed by atoms with E-state index < -0.39 is 0 Å². The molecule has 1 N–H and O–H groups in total. The van der Waals surface area contributed by atoms with Crippen LogP contribution >= 0.6 is 22.6 Å². The second kappa shape index (κ2) is 7.69. The molecule has 3 nitrogen and oxygen atoms in total. The highest BCUT2D eigenvalue weighted by molar-refractivity contribution is 14.1. The molecular weight excluding hydrogens is 485 g/mol. The normalized spacial score (nSPS) is 12.2. The van der Waals surface area contributed by atoms with Crippen molar-refractivity contribution in [2.75, 3.05) is 0 Å². The average Bonchev–Trinajstić information content (AvgIpc) is 3.19. The van der Waals surface area contributed by atoms with Gasteiger partial charge in [-0.1, -0.05) is 30.3 Å². The first-order valence-corrected chi connectivity index (χ1v) is 10.9. The number of hydrogen-bond acceptors (Lipinski definition) is 3. The quantitative estimate of drug-likeness (QED) is 0.157. The molecule has 4 heteroatoms. The van der Waals surface area contributed by atoms with Gasteiger partial charge in [0.1, 0.15) is 5.75 Å². The zero-order valence-corrected chi connectivity index (χ0v) is 18.3. The number of nitrogens with one attached hydrogen (secondary N) is 1. The summed E-state index contributed by atoms with van der Waals surface area (Å²) in [6.45, 7) is 0. The Balaban J connectivity index is 1.40. The van der Waals surface area contributed by atoms with Crippen molar-refractivity contribution in [1.82, 2.24) is 0 Å². The minimum atomic E-state index is -0.387. The molecule has 0 heterocycles. The van der Waals surface area contributed by atoms with Crippen molar-refractivity contribution < 1.29 is 9.53 Å². The standard InChI is InChI=1S/C26H18INO2/c27-20-11-6-19(7-12-20)26(29)30-21-13-8-18(9-14-21)25(28)23-15-10-17-5-4-16-2-1-3-22(23)24(16)17/h1-3,6-15,28H,4-5H2. The Labute approximate surface area is 188 Å². The van der Waals surface area contributed by atoms with E-state index in [-0.39, 0.29) is 5.97 Å². The van der Waals surface area contributed by atoms with E-state index in [9.17, 15) is 4.79 Å². The summed E-state index contributed by atoms with van der Waals surface area (Å²) in [4.78, 5) is 12.3. The summed E-state index contributed by atoms with van der Waals surface area (Å²) in [6.07, 6.45) is 2.15. The average molecular weight is 503 g/mol. The Hall–Kier alpha value is -2.99. The van der Waals surface area contributed by atoms with E-state index >= 15 is 0 Å². The maximum atomic E-state index is 12.3. The largest absolute Gasteiger partial charge is 0.423 e. The third-order valence-corrected chi connectivity index (χ3v) is 6.30. The van der Waals surface area contributed by atoms with Crippen molar-refractivity contribution in [3.8, 4) is 5.75 Å². The van der Waals surface area contributed by atoms with Crippen LogP contribution < -0.4 is 4.74 Å². The summed E-state index contributed by atoms with van der Waals surface area (Å²) >= 11 is 2.20. The van der Waals surface area contributed by atoms with Crippen LogP contribution in [-0.2, 0) is 12.8 Å². The molecular formula is C26H18INO2. The van der Waals surface area contributed by atoms with Crippen LogP contribution in [0.25, 0.3) is 10.8 Å². The Morgan fingerprint density at radius 1 is 0.800 bits per heavy atom. The van der Waals surface area contributed by atoms with Crippen molar-refractivity contribution in [3.05, 3.63) is 110 Å². The molecule has 0 atom stereocenters. The summed E-state index contributed by atoms with van der Waals surface area (Å²) < 4.78 is 6.54. The van der Waals surface area contributed by atoms with Crippen LogP contribution in [0, 0.1) is 8.98 Å². The number of hydrogen-bond donors (Lipinski definition) is 1. The molecule has 0 spiro atoms. The second-order valence-electron chi connectivity index (χ2n) is 7.41. The lowest BCUT2D eigenvalue weighted by molar-refractivity contribution is 0.0734. The predicted molar refractivity (Wildman–Crippen MR) is 128 cm³/mol. The highest BCUT2D eigenvalue weighted by atomic mass is 127. The fourth-order valence-corrected chi connectivity index (χ4v) is 4.42. The van der Waals surface area contributed by atoms with Gasteiger partial charge in [0.25, 0.3) is 0 Å². The molecule has 1 aliphatic carbocycles. The molecule has 0 radical (unpaired) electrons. The first-order valence-electron chi connectivity index (χ1n) is 9.81. The lowest BCUT2D eigenvalue weighted by atomic mass is 9.94. The van der Waals surface area contributed by atoms with Crippen LogP contribution in [0.5, 0.6) is 5.75 Å². The lowest BCUT2D eigenvalue weighted by Crippen LogP contribution is -2.09. The molecule has 4 aromatic carbocycles. The Kier molecular flexibility index (Phi) is 4.87.